The lowest BCUT2D eigenvalue weighted by molar-refractivity contribution is -0.383. The normalized spacial score (nSPS) is 11.6. The second-order valence-electron chi connectivity index (χ2n) is 5.89. The van der Waals surface area contributed by atoms with Crippen molar-refractivity contribution in [1.82, 2.24) is 9.71 Å². The first-order chi connectivity index (χ1) is 12.8. The smallest absolute Gasteiger partial charge is 0.278 e. The highest BCUT2D eigenvalue weighted by molar-refractivity contribution is 7.89. The van der Waals surface area contributed by atoms with Crippen LogP contribution in [0.1, 0.15) is 9.75 Å². The number of hydrogen-bond acceptors (Lipinski definition) is 7. The fourth-order valence-electron chi connectivity index (χ4n) is 2.79. The Kier molecular flexibility index (Phi) is 5.40. The molecular weight excluding hydrogens is 388 g/mol. The lowest BCUT2D eigenvalue weighted by atomic mass is 10.1. The Bertz CT molecular complexity index is 1110. The third-order valence-corrected chi connectivity index (χ3v) is 6.64. The van der Waals surface area contributed by atoms with E-state index >= 15 is 0 Å². The molecule has 0 aliphatic heterocycles. The number of thiophene rings is 1. The monoisotopic (exact) mass is 406 g/mol. The molecule has 1 aromatic carbocycles. The zero-order chi connectivity index (χ0) is 19.6. The van der Waals surface area contributed by atoms with Gasteiger partial charge in [-0.15, -0.1) is 11.3 Å². The van der Waals surface area contributed by atoms with Gasteiger partial charge in [0.1, 0.15) is 5.52 Å². The van der Waals surface area contributed by atoms with Crippen LogP contribution in [-0.4, -0.2) is 31.4 Å². The molecule has 0 aliphatic carbocycles. The number of aryl methyl sites for hydroxylation is 2. The Labute approximate surface area is 160 Å². The third kappa shape index (κ3) is 4.07. The number of nitro benzene ring substituents is 1. The van der Waals surface area contributed by atoms with Crippen LogP contribution in [0.3, 0.4) is 0 Å². The molecule has 0 radical (unpaired) electrons. The summed E-state index contributed by atoms with van der Waals surface area (Å²) in [5.74, 6) is 0. The average Bonchev–Trinajstić information content (AvgIpc) is 2.97. The van der Waals surface area contributed by atoms with Crippen molar-refractivity contribution in [3.8, 4) is 0 Å². The van der Waals surface area contributed by atoms with Gasteiger partial charge < -0.3 is 5.32 Å². The molecule has 2 aromatic heterocycles. The molecule has 0 saturated carbocycles. The van der Waals surface area contributed by atoms with E-state index in [4.69, 9.17) is 0 Å². The molecule has 27 heavy (non-hydrogen) atoms. The number of fused-ring (bicyclic) bond motifs is 1. The van der Waals surface area contributed by atoms with Gasteiger partial charge in [0.05, 0.1) is 20.9 Å². The van der Waals surface area contributed by atoms with E-state index in [-0.39, 0.29) is 12.2 Å². The number of anilines is 1. The number of hydrogen-bond donors (Lipinski definition) is 2. The van der Waals surface area contributed by atoms with Crippen LogP contribution < -0.4 is 10.0 Å². The number of pyridine rings is 1. The number of nitro groups is 1. The molecule has 2 heterocycles. The minimum Gasteiger partial charge on any atom is -0.382 e. The molecule has 0 atom stereocenters. The van der Waals surface area contributed by atoms with Gasteiger partial charge in [-0.3, -0.25) is 15.1 Å². The van der Waals surface area contributed by atoms with Gasteiger partial charge in [0.25, 0.3) is 5.69 Å². The van der Waals surface area contributed by atoms with Gasteiger partial charge in [-0.25, -0.2) is 13.1 Å². The number of aromatic nitrogens is 1. The number of rotatable bonds is 7. The van der Waals surface area contributed by atoms with E-state index in [1.165, 1.54) is 17.4 Å². The van der Waals surface area contributed by atoms with E-state index in [1.54, 1.807) is 37.4 Å². The van der Waals surface area contributed by atoms with Crippen LogP contribution in [0.2, 0.25) is 0 Å². The van der Waals surface area contributed by atoms with Gasteiger partial charge >= 0.3 is 0 Å². The molecular formula is C17H18N4O4S2. The van der Waals surface area contributed by atoms with Crippen molar-refractivity contribution in [3.05, 3.63) is 56.4 Å². The molecule has 0 bridgehead atoms. The fraction of sp³-hybridized carbons (Fsp3) is 0.235. The molecule has 2 N–H and O–H groups in total. The first kappa shape index (κ1) is 19.2. The number of non-ortho nitro benzene ring substituents is 1. The lowest BCUT2D eigenvalue weighted by Crippen LogP contribution is -2.29. The predicted octanol–water partition coefficient (Wildman–Crippen LogP) is 3.21. The summed E-state index contributed by atoms with van der Waals surface area (Å²) in [4.78, 5) is 16.9. The van der Waals surface area contributed by atoms with Crippen molar-refractivity contribution in [2.45, 2.75) is 18.7 Å². The van der Waals surface area contributed by atoms with Crippen LogP contribution in [-0.2, 0) is 10.0 Å². The van der Waals surface area contributed by atoms with Crippen molar-refractivity contribution < 1.29 is 13.3 Å². The van der Waals surface area contributed by atoms with Crippen LogP contribution >= 0.6 is 11.3 Å². The zero-order valence-corrected chi connectivity index (χ0v) is 16.4. The summed E-state index contributed by atoms with van der Waals surface area (Å²) in [7, 11) is -3.57. The highest BCUT2D eigenvalue weighted by Crippen LogP contribution is 2.29. The highest BCUT2D eigenvalue weighted by atomic mass is 32.2. The van der Waals surface area contributed by atoms with Crippen molar-refractivity contribution in [1.29, 1.82) is 0 Å². The molecule has 3 aromatic rings. The van der Waals surface area contributed by atoms with Crippen molar-refractivity contribution >= 4 is 43.6 Å². The van der Waals surface area contributed by atoms with Crippen LogP contribution in [0.5, 0.6) is 0 Å². The summed E-state index contributed by atoms with van der Waals surface area (Å²) < 4.78 is 27.3. The van der Waals surface area contributed by atoms with E-state index in [2.05, 4.69) is 15.0 Å². The van der Waals surface area contributed by atoms with Crippen LogP contribution in [0.25, 0.3) is 10.9 Å². The molecule has 0 fully saturated rings. The Morgan fingerprint density at radius 1 is 1.22 bits per heavy atom. The van der Waals surface area contributed by atoms with E-state index in [9.17, 15) is 18.5 Å². The molecule has 0 spiro atoms. The third-order valence-electron chi connectivity index (χ3n) is 3.96. The van der Waals surface area contributed by atoms with Crippen LogP contribution in [0, 0.1) is 24.0 Å². The van der Waals surface area contributed by atoms with Gasteiger partial charge in [0.15, 0.2) is 0 Å². The topological polar surface area (TPSA) is 114 Å². The minimum absolute atomic E-state index is 0.0207. The molecule has 0 unspecified atom stereocenters. The van der Waals surface area contributed by atoms with Gasteiger partial charge in [-0.1, -0.05) is 0 Å². The summed E-state index contributed by atoms with van der Waals surface area (Å²) in [6.45, 7) is 4.12. The van der Waals surface area contributed by atoms with Gasteiger partial charge in [-0.2, -0.15) is 0 Å². The number of nitrogens with one attached hydrogen (secondary N) is 2. The maximum Gasteiger partial charge on any atom is 0.278 e. The summed E-state index contributed by atoms with van der Waals surface area (Å²) in [5.41, 5.74) is 1.06. The van der Waals surface area contributed by atoms with Crippen molar-refractivity contribution in [2.75, 3.05) is 18.4 Å². The maximum atomic E-state index is 12.4. The summed E-state index contributed by atoms with van der Waals surface area (Å²) in [6.07, 6.45) is 1.56. The van der Waals surface area contributed by atoms with Crippen LogP contribution in [0.4, 0.5) is 11.4 Å². The summed E-state index contributed by atoms with van der Waals surface area (Å²) >= 11 is 1.44. The second-order valence-corrected chi connectivity index (χ2v) is 9.09. The van der Waals surface area contributed by atoms with E-state index in [0.29, 0.717) is 28.0 Å². The molecule has 0 amide bonds. The predicted molar refractivity (Wildman–Crippen MR) is 106 cm³/mol. The Morgan fingerprint density at radius 3 is 2.67 bits per heavy atom. The van der Waals surface area contributed by atoms with Crippen molar-refractivity contribution in [2.24, 2.45) is 0 Å². The average molecular weight is 406 g/mol. The molecule has 0 saturated heterocycles. The number of benzene rings is 1. The first-order valence-corrected chi connectivity index (χ1v) is 10.4. The molecule has 10 heteroatoms. The largest absolute Gasteiger partial charge is 0.382 e. The summed E-state index contributed by atoms with van der Waals surface area (Å²) in [6, 6.07) is 7.92. The molecule has 142 valence electrons. The summed E-state index contributed by atoms with van der Waals surface area (Å²) in [5, 5.41) is 14.7. The fourth-order valence-corrected chi connectivity index (χ4v) is 5.38. The Hall–Kier alpha value is -2.56. The highest BCUT2D eigenvalue weighted by Gasteiger charge is 2.19. The quantitative estimate of drug-likeness (QED) is 0.354. The van der Waals surface area contributed by atoms with E-state index in [0.717, 1.165) is 9.75 Å². The molecule has 3 rings (SSSR count). The minimum atomic E-state index is -3.57. The number of nitrogens with zero attached hydrogens (tertiary/aromatic N) is 2. The van der Waals surface area contributed by atoms with Crippen molar-refractivity contribution in [3.63, 3.8) is 0 Å². The first-order valence-electron chi connectivity index (χ1n) is 8.12. The Morgan fingerprint density at radius 2 is 2.00 bits per heavy atom. The maximum absolute atomic E-state index is 12.4. The zero-order valence-electron chi connectivity index (χ0n) is 14.7. The SMILES string of the molecule is Cc1cc(S(=O)(=O)NCCNc2ccc([N+](=O)[O-])c3cccnc23)c(C)s1. The standard InChI is InChI=1S/C17H18N4O4S2/c1-11-10-16(12(2)26-11)27(24,25)20-9-8-18-14-5-6-15(21(22)23)13-4-3-7-19-17(13)14/h3-7,10,18,20H,8-9H2,1-2H3. The van der Waals surface area contributed by atoms with Gasteiger partial charge in [-0.05, 0) is 38.1 Å². The number of sulfonamides is 1. The molecule has 8 nitrogen and oxygen atoms in total. The van der Waals surface area contributed by atoms with E-state index in [1.807, 2.05) is 6.92 Å². The van der Waals surface area contributed by atoms with E-state index < -0.39 is 14.9 Å². The van der Waals surface area contributed by atoms with Crippen LogP contribution in [0.15, 0.2) is 41.4 Å². The lowest BCUT2D eigenvalue weighted by Gasteiger charge is -2.10. The second kappa shape index (κ2) is 7.59. The molecule has 0 aliphatic rings. The van der Waals surface area contributed by atoms with Gasteiger partial charge in [0, 0.05) is 35.1 Å². The van der Waals surface area contributed by atoms with Gasteiger partial charge in [0.2, 0.25) is 10.0 Å². The Balaban J connectivity index is 1.70.